The Kier molecular flexibility index (Phi) is 5.64. The van der Waals surface area contributed by atoms with Gasteiger partial charge in [-0.25, -0.2) is 4.79 Å². The number of carbonyl (C=O) groups excluding carboxylic acids is 2. The van der Waals surface area contributed by atoms with Gasteiger partial charge in [0.15, 0.2) is 0 Å². The predicted octanol–water partition coefficient (Wildman–Crippen LogP) is 2.76. The number of benzene rings is 1. The highest BCUT2D eigenvalue weighted by atomic mass is 79.9. The summed E-state index contributed by atoms with van der Waals surface area (Å²) in [6, 6.07) is 5.56. The normalized spacial score (nSPS) is 20.9. The Morgan fingerprint density at radius 1 is 1.35 bits per heavy atom. The molecule has 3 rings (SSSR count). The van der Waals surface area contributed by atoms with Gasteiger partial charge in [0.1, 0.15) is 5.69 Å². The highest BCUT2D eigenvalue weighted by Gasteiger charge is 2.25. The molecule has 2 atom stereocenters. The van der Waals surface area contributed by atoms with Gasteiger partial charge in [-0.15, -0.1) is 0 Å². The van der Waals surface area contributed by atoms with Crippen LogP contribution in [0.15, 0.2) is 22.7 Å². The second-order valence-corrected chi connectivity index (χ2v) is 7.47. The number of morpholine rings is 1. The molecule has 7 nitrogen and oxygen atoms in total. The van der Waals surface area contributed by atoms with Gasteiger partial charge < -0.3 is 19.8 Å². The first-order valence-electron chi connectivity index (χ1n) is 8.44. The Morgan fingerprint density at radius 2 is 2.04 bits per heavy atom. The fourth-order valence-electron chi connectivity index (χ4n) is 3.34. The van der Waals surface area contributed by atoms with Gasteiger partial charge in [0, 0.05) is 28.5 Å². The van der Waals surface area contributed by atoms with Crippen LogP contribution in [0, 0.1) is 0 Å². The maximum absolute atomic E-state index is 12.6. The molecule has 2 heterocycles. The van der Waals surface area contributed by atoms with E-state index in [0.29, 0.717) is 18.8 Å². The van der Waals surface area contributed by atoms with Crippen LogP contribution in [0.1, 0.15) is 24.3 Å². The van der Waals surface area contributed by atoms with Crippen LogP contribution in [0.2, 0.25) is 0 Å². The molecule has 2 N–H and O–H groups in total. The highest BCUT2D eigenvalue weighted by molar-refractivity contribution is 9.10. The van der Waals surface area contributed by atoms with Crippen LogP contribution in [-0.4, -0.2) is 60.7 Å². The number of nitrogens with zero attached hydrogens (tertiary/aromatic N) is 1. The van der Waals surface area contributed by atoms with Crippen LogP contribution in [-0.2, 0) is 14.3 Å². The number of aromatic amines is 1. The van der Waals surface area contributed by atoms with Crippen LogP contribution in [0.4, 0.5) is 5.69 Å². The number of hydrogen-bond donors (Lipinski definition) is 2. The molecule has 0 spiro atoms. The summed E-state index contributed by atoms with van der Waals surface area (Å²) >= 11 is 3.42. The molecule has 1 amide bonds. The maximum Gasteiger partial charge on any atom is 0.356 e. The van der Waals surface area contributed by atoms with Crippen LogP contribution >= 0.6 is 15.9 Å². The van der Waals surface area contributed by atoms with Crippen LogP contribution in [0.5, 0.6) is 0 Å². The second kappa shape index (κ2) is 7.77. The van der Waals surface area contributed by atoms with Crippen LogP contribution in [0.25, 0.3) is 10.9 Å². The number of methoxy groups -OCH3 is 1. The van der Waals surface area contributed by atoms with Crippen molar-refractivity contribution in [2.24, 2.45) is 0 Å². The minimum atomic E-state index is -0.527. The van der Waals surface area contributed by atoms with E-state index in [-0.39, 0.29) is 30.4 Å². The summed E-state index contributed by atoms with van der Waals surface area (Å²) in [5.41, 5.74) is 1.42. The van der Waals surface area contributed by atoms with Crippen LogP contribution in [0.3, 0.4) is 0 Å². The third-order valence-electron chi connectivity index (χ3n) is 4.28. The zero-order valence-electron chi connectivity index (χ0n) is 15.0. The number of esters is 1. The maximum atomic E-state index is 12.6. The summed E-state index contributed by atoms with van der Waals surface area (Å²) in [4.78, 5) is 29.8. The number of nitrogens with one attached hydrogen (secondary N) is 2. The lowest BCUT2D eigenvalue weighted by Gasteiger charge is -2.34. The monoisotopic (exact) mass is 423 g/mol. The molecule has 0 bridgehead atoms. The Morgan fingerprint density at radius 3 is 2.69 bits per heavy atom. The van der Waals surface area contributed by atoms with Crippen molar-refractivity contribution in [3.8, 4) is 0 Å². The fourth-order valence-corrected chi connectivity index (χ4v) is 3.71. The molecule has 0 aliphatic carbocycles. The molecule has 1 aliphatic heterocycles. The summed E-state index contributed by atoms with van der Waals surface area (Å²) in [5.74, 6) is -0.710. The average molecular weight is 424 g/mol. The van der Waals surface area contributed by atoms with E-state index >= 15 is 0 Å². The van der Waals surface area contributed by atoms with E-state index in [9.17, 15) is 9.59 Å². The predicted molar refractivity (Wildman–Crippen MR) is 102 cm³/mol. The Balaban J connectivity index is 1.83. The third-order valence-corrected chi connectivity index (χ3v) is 4.77. The van der Waals surface area contributed by atoms with E-state index in [4.69, 9.17) is 9.47 Å². The molecular formula is C18H22BrN3O4. The van der Waals surface area contributed by atoms with Gasteiger partial charge in [0.25, 0.3) is 0 Å². The quantitative estimate of drug-likeness (QED) is 0.738. The number of H-pyrrole nitrogens is 1. The van der Waals surface area contributed by atoms with Gasteiger partial charge in [-0.3, -0.25) is 9.69 Å². The molecule has 2 aromatic rings. The topological polar surface area (TPSA) is 83.7 Å². The molecule has 1 fully saturated rings. The number of halogens is 1. The largest absolute Gasteiger partial charge is 0.464 e. The van der Waals surface area contributed by atoms with E-state index in [0.717, 1.165) is 15.4 Å². The SMILES string of the molecule is COC(=O)c1[nH]c2ccc(Br)cc2c1NC(=O)CN1C[C@H](C)O[C@@H](C)C1. The lowest BCUT2D eigenvalue weighted by atomic mass is 10.2. The van der Waals surface area contributed by atoms with Gasteiger partial charge >= 0.3 is 5.97 Å². The molecule has 1 aromatic heterocycles. The highest BCUT2D eigenvalue weighted by Crippen LogP contribution is 2.30. The Labute approximate surface area is 160 Å². The summed E-state index contributed by atoms with van der Waals surface area (Å²) in [6.45, 7) is 5.61. The number of ether oxygens (including phenoxy) is 2. The van der Waals surface area contributed by atoms with E-state index in [1.807, 2.05) is 32.0 Å². The second-order valence-electron chi connectivity index (χ2n) is 6.56. The number of carbonyl (C=O) groups is 2. The fraction of sp³-hybridized carbons (Fsp3) is 0.444. The number of amides is 1. The Bertz CT molecular complexity index is 825. The summed E-state index contributed by atoms with van der Waals surface area (Å²) in [6.07, 6.45) is 0.169. The smallest absolute Gasteiger partial charge is 0.356 e. The first kappa shape index (κ1) is 18.9. The van der Waals surface area contributed by atoms with E-state index in [2.05, 4.69) is 31.1 Å². The van der Waals surface area contributed by atoms with Crippen molar-refractivity contribution in [1.82, 2.24) is 9.88 Å². The number of anilines is 1. The van der Waals surface area contributed by atoms with E-state index < -0.39 is 5.97 Å². The minimum absolute atomic E-state index is 0.0845. The molecule has 0 radical (unpaired) electrons. The van der Waals surface area contributed by atoms with Crippen molar-refractivity contribution in [2.75, 3.05) is 32.1 Å². The summed E-state index contributed by atoms with van der Waals surface area (Å²) in [5, 5.41) is 3.63. The van der Waals surface area contributed by atoms with E-state index in [1.54, 1.807) is 0 Å². The molecule has 0 unspecified atom stereocenters. The lowest BCUT2D eigenvalue weighted by Crippen LogP contribution is -2.48. The molecule has 26 heavy (non-hydrogen) atoms. The Hall–Kier alpha value is -1.90. The van der Waals surface area contributed by atoms with Gasteiger partial charge in [-0.05, 0) is 32.0 Å². The van der Waals surface area contributed by atoms with Crippen molar-refractivity contribution in [2.45, 2.75) is 26.1 Å². The summed E-state index contributed by atoms with van der Waals surface area (Å²) < 4.78 is 11.4. The van der Waals surface area contributed by atoms with Crippen molar-refractivity contribution >= 4 is 44.4 Å². The molecule has 140 valence electrons. The zero-order chi connectivity index (χ0) is 18.8. The van der Waals surface area contributed by atoms with E-state index in [1.165, 1.54) is 7.11 Å². The van der Waals surface area contributed by atoms with Crippen molar-refractivity contribution in [1.29, 1.82) is 0 Å². The van der Waals surface area contributed by atoms with Gasteiger partial charge in [-0.1, -0.05) is 15.9 Å². The number of rotatable bonds is 4. The molecule has 8 heteroatoms. The van der Waals surface area contributed by atoms with Crippen molar-refractivity contribution < 1.29 is 19.1 Å². The first-order valence-corrected chi connectivity index (χ1v) is 9.24. The van der Waals surface area contributed by atoms with Gasteiger partial charge in [0.05, 0.1) is 31.5 Å². The summed E-state index contributed by atoms with van der Waals surface area (Å²) in [7, 11) is 1.31. The standard InChI is InChI=1S/C18H22BrN3O4/c1-10-7-22(8-11(2)26-10)9-15(23)21-16-13-6-12(19)4-5-14(13)20-17(16)18(24)25-3/h4-6,10-11,20H,7-9H2,1-3H3,(H,21,23)/t10-,11-/m0/s1. The molecule has 0 saturated carbocycles. The molecule has 1 saturated heterocycles. The lowest BCUT2D eigenvalue weighted by molar-refractivity contribution is -0.121. The molecule has 1 aliphatic rings. The molecule has 1 aromatic carbocycles. The van der Waals surface area contributed by atoms with Crippen molar-refractivity contribution in [3.05, 3.63) is 28.4 Å². The third kappa shape index (κ3) is 4.08. The number of fused-ring (bicyclic) bond motifs is 1. The minimum Gasteiger partial charge on any atom is -0.464 e. The van der Waals surface area contributed by atoms with Gasteiger partial charge in [0.2, 0.25) is 5.91 Å². The zero-order valence-corrected chi connectivity index (χ0v) is 16.6. The van der Waals surface area contributed by atoms with Gasteiger partial charge in [-0.2, -0.15) is 0 Å². The molecular weight excluding hydrogens is 402 g/mol. The van der Waals surface area contributed by atoms with Crippen LogP contribution < -0.4 is 5.32 Å². The average Bonchev–Trinajstić information content (AvgIpc) is 2.91. The number of aromatic nitrogens is 1. The van der Waals surface area contributed by atoms with Crippen molar-refractivity contribution in [3.63, 3.8) is 0 Å². The first-order chi connectivity index (χ1) is 12.4. The number of hydrogen-bond acceptors (Lipinski definition) is 5.